The van der Waals surface area contributed by atoms with Crippen LogP contribution >= 0.6 is 34.5 Å². The van der Waals surface area contributed by atoms with E-state index >= 15 is 0 Å². The molecule has 2 nitrogen and oxygen atoms in total. The molecule has 0 N–H and O–H groups in total. The Morgan fingerprint density at radius 3 is 2.46 bits per heavy atom. The normalized spacial score (nSPS) is 11.2. The van der Waals surface area contributed by atoms with Crippen molar-refractivity contribution in [1.82, 2.24) is 9.55 Å². The molecule has 4 rings (SSSR count). The van der Waals surface area contributed by atoms with Crippen LogP contribution in [0.2, 0.25) is 10.0 Å². The topological polar surface area (TPSA) is 17.8 Å². The third kappa shape index (κ3) is 2.95. The van der Waals surface area contributed by atoms with Crippen molar-refractivity contribution < 1.29 is 0 Å². The number of rotatable bonds is 4. The minimum atomic E-state index is 0.611. The molecular weight excluding hydrogens is 359 g/mol. The fourth-order valence-electron chi connectivity index (χ4n) is 2.85. The van der Waals surface area contributed by atoms with E-state index < -0.39 is 0 Å². The quantitative estimate of drug-likeness (QED) is 0.426. The van der Waals surface area contributed by atoms with Crippen LogP contribution in [0.25, 0.3) is 11.0 Å². The van der Waals surface area contributed by atoms with Crippen LogP contribution in [0, 0.1) is 0 Å². The van der Waals surface area contributed by atoms with Gasteiger partial charge in [-0.1, -0.05) is 47.5 Å². The Morgan fingerprint density at radius 2 is 1.71 bits per heavy atom. The molecule has 0 unspecified atom stereocenters. The van der Waals surface area contributed by atoms with Crippen LogP contribution in [0.4, 0.5) is 0 Å². The van der Waals surface area contributed by atoms with Crippen LogP contribution in [0.5, 0.6) is 0 Å². The third-order valence-electron chi connectivity index (χ3n) is 4.02. The Morgan fingerprint density at radius 1 is 0.917 bits per heavy atom. The molecule has 0 fully saturated rings. The molecule has 0 bridgehead atoms. The van der Waals surface area contributed by atoms with Crippen molar-refractivity contribution in [2.24, 2.45) is 0 Å². The Kier molecular flexibility index (Phi) is 4.31. The van der Waals surface area contributed by atoms with Crippen LogP contribution < -0.4 is 0 Å². The second-order valence-corrected chi connectivity index (χ2v) is 7.41. The summed E-state index contributed by atoms with van der Waals surface area (Å²) in [6, 6.07) is 18.0. The molecule has 2 aromatic carbocycles. The van der Waals surface area contributed by atoms with Crippen LogP contribution in [-0.4, -0.2) is 9.55 Å². The van der Waals surface area contributed by atoms with Crippen LogP contribution in [0.1, 0.15) is 16.3 Å². The summed E-state index contributed by atoms with van der Waals surface area (Å²) in [5.74, 6) is 1.02. The smallest absolute Gasteiger partial charge is 0.115 e. The summed E-state index contributed by atoms with van der Waals surface area (Å²) in [5, 5.41) is 3.46. The number of hydrogen-bond acceptors (Lipinski definition) is 2. The summed E-state index contributed by atoms with van der Waals surface area (Å²) in [7, 11) is 0. The Labute approximate surface area is 154 Å². The van der Waals surface area contributed by atoms with Crippen molar-refractivity contribution in [1.29, 1.82) is 0 Å². The summed E-state index contributed by atoms with van der Waals surface area (Å²) < 4.78 is 2.21. The van der Waals surface area contributed by atoms with Gasteiger partial charge in [0.25, 0.3) is 0 Å². The van der Waals surface area contributed by atoms with Gasteiger partial charge in [0.1, 0.15) is 5.82 Å². The molecule has 0 amide bonds. The van der Waals surface area contributed by atoms with Gasteiger partial charge < -0.3 is 4.57 Å². The molecule has 0 saturated heterocycles. The zero-order valence-corrected chi connectivity index (χ0v) is 15.1. The molecule has 0 atom stereocenters. The minimum Gasteiger partial charge on any atom is -0.323 e. The first kappa shape index (κ1) is 15.7. The fraction of sp³-hybridized carbons (Fsp3) is 0.105. The Bertz CT molecular complexity index is 970. The molecule has 0 aliphatic carbocycles. The maximum atomic E-state index is 6.38. The van der Waals surface area contributed by atoms with E-state index in [1.54, 1.807) is 11.3 Å². The van der Waals surface area contributed by atoms with E-state index in [2.05, 4.69) is 28.1 Å². The monoisotopic (exact) mass is 372 g/mol. The zero-order valence-electron chi connectivity index (χ0n) is 12.7. The Balaban J connectivity index is 1.83. The largest absolute Gasteiger partial charge is 0.323 e. The number of hydrogen-bond donors (Lipinski definition) is 0. The number of nitrogens with zero attached hydrogens (tertiary/aromatic N) is 2. The predicted octanol–water partition coefficient (Wildman–Crippen LogP) is 6.04. The van der Waals surface area contributed by atoms with Crippen molar-refractivity contribution in [2.75, 3.05) is 0 Å². The van der Waals surface area contributed by atoms with Gasteiger partial charge in [-0.3, -0.25) is 0 Å². The van der Waals surface area contributed by atoms with Gasteiger partial charge in [0.15, 0.2) is 0 Å². The highest BCUT2D eigenvalue weighted by molar-refractivity contribution is 7.09. The number of aromatic nitrogens is 2. The van der Waals surface area contributed by atoms with Gasteiger partial charge in [-0.2, -0.15) is 0 Å². The number of halogens is 2. The maximum Gasteiger partial charge on any atom is 0.115 e. The first-order chi connectivity index (χ1) is 11.7. The van der Waals surface area contributed by atoms with E-state index in [0.29, 0.717) is 16.6 Å². The van der Waals surface area contributed by atoms with Crippen LogP contribution in [-0.2, 0) is 13.0 Å². The Hall–Kier alpha value is -1.81. The van der Waals surface area contributed by atoms with E-state index in [1.165, 1.54) is 4.88 Å². The number of benzene rings is 2. The average molecular weight is 373 g/mol. The number of fused-ring (bicyclic) bond motifs is 1. The van der Waals surface area contributed by atoms with Crippen LogP contribution in [0.3, 0.4) is 0 Å². The molecule has 120 valence electrons. The fourth-order valence-corrected chi connectivity index (χ4v) is 4.07. The highest BCUT2D eigenvalue weighted by Crippen LogP contribution is 2.28. The molecular formula is C19H14Cl2N2S. The summed E-state index contributed by atoms with van der Waals surface area (Å²) in [6.45, 7) is 0.611. The lowest BCUT2D eigenvalue weighted by molar-refractivity contribution is 0.765. The summed E-state index contributed by atoms with van der Waals surface area (Å²) >= 11 is 14.5. The van der Waals surface area contributed by atoms with Gasteiger partial charge in [0.05, 0.1) is 17.6 Å². The lowest BCUT2D eigenvalue weighted by atomic mass is 10.2. The number of imidazole rings is 1. The molecule has 2 aromatic heterocycles. The summed E-state index contributed by atoms with van der Waals surface area (Å²) in [5.41, 5.74) is 3.02. The molecule has 0 saturated carbocycles. The highest BCUT2D eigenvalue weighted by Gasteiger charge is 2.14. The molecule has 24 heavy (non-hydrogen) atoms. The van der Waals surface area contributed by atoms with Gasteiger partial charge in [-0.25, -0.2) is 4.98 Å². The van der Waals surface area contributed by atoms with E-state index in [9.17, 15) is 0 Å². The predicted molar refractivity (Wildman–Crippen MR) is 102 cm³/mol. The molecule has 2 heterocycles. The highest BCUT2D eigenvalue weighted by atomic mass is 35.5. The number of para-hydroxylation sites is 2. The molecule has 0 aliphatic heterocycles. The lowest BCUT2D eigenvalue weighted by Gasteiger charge is -2.12. The van der Waals surface area contributed by atoms with Crippen LogP contribution in [0.15, 0.2) is 60.0 Å². The lowest BCUT2D eigenvalue weighted by Crippen LogP contribution is -2.06. The summed E-state index contributed by atoms with van der Waals surface area (Å²) in [4.78, 5) is 6.12. The summed E-state index contributed by atoms with van der Waals surface area (Å²) in [6.07, 6.45) is 0.800. The standard InChI is InChI=1S/C19H14Cl2N2S/c20-15-6-3-7-16(21)14(15)12-23-18-9-2-1-8-17(18)22-19(23)11-13-5-4-10-24-13/h1-10H,11-12H2. The van der Waals surface area contributed by atoms with Gasteiger partial charge in [-0.15, -0.1) is 11.3 Å². The maximum absolute atomic E-state index is 6.38. The first-order valence-corrected chi connectivity index (χ1v) is 9.25. The zero-order chi connectivity index (χ0) is 16.5. The van der Waals surface area contributed by atoms with Crippen molar-refractivity contribution in [3.63, 3.8) is 0 Å². The second kappa shape index (κ2) is 6.60. The van der Waals surface area contributed by atoms with Crippen molar-refractivity contribution >= 4 is 45.6 Å². The first-order valence-electron chi connectivity index (χ1n) is 7.62. The molecule has 0 spiro atoms. The van der Waals surface area contributed by atoms with E-state index in [0.717, 1.165) is 28.8 Å². The van der Waals surface area contributed by atoms with Gasteiger partial charge >= 0.3 is 0 Å². The van der Waals surface area contributed by atoms with Gasteiger partial charge in [0, 0.05) is 26.9 Å². The SMILES string of the molecule is Clc1cccc(Cl)c1Cn1c(Cc2cccs2)nc2ccccc21. The molecule has 0 aliphatic rings. The van der Waals surface area contributed by atoms with E-state index in [-0.39, 0.29) is 0 Å². The van der Waals surface area contributed by atoms with Crippen molar-refractivity contribution in [3.8, 4) is 0 Å². The average Bonchev–Trinajstić information content (AvgIpc) is 3.19. The van der Waals surface area contributed by atoms with E-state index in [1.807, 2.05) is 36.4 Å². The number of thiophene rings is 1. The van der Waals surface area contributed by atoms with E-state index in [4.69, 9.17) is 28.2 Å². The van der Waals surface area contributed by atoms with Gasteiger partial charge in [-0.05, 0) is 35.7 Å². The third-order valence-corrected chi connectivity index (χ3v) is 5.61. The molecule has 4 aromatic rings. The van der Waals surface area contributed by atoms with Crippen molar-refractivity contribution in [2.45, 2.75) is 13.0 Å². The molecule has 5 heteroatoms. The van der Waals surface area contributed by atoms with Gasteiger partial charge in [0.2, 0.25) is 0 Å². The van der Waals surface area contributed by atoms with Crippen molar-refractivity contribution in [3.05, 3.63) is 86.3 Å². The minimum absolute atomic E-state index is 0.611. The second-order valence-electron chi connectivity index (χ2n) is 5.56. The molecule has 0 radical (unpaired) electrons.